The summed E-state index contributed by atoms with van der Waals surface area (Å²) in [5.41, 5.74) is 0.978. The first-order valence-corrected chi connectivity index (χ1v) is 8.08. The van der Waals surface area contributed by atoms with E-state index in [4.69, 9.17) is 0 Å². The van der Waals surface area contributed by atoms with Crippen LogP contribution in [-0.4, -0.2) is 23.1 Å². The zero-order valence-electron chi connectivity index (χ0n) is 10.7. The van der Waals surface area contributed by atoms with E-state index in [2.05, 4.69) is 59.7 Å². The Labute approximate surface area is 129 Å². The number of rotatable bonds is 1. The lowest BCUT2D eigenvalue weighted by Gasteiger charge is -2.32. The average Bonchev–Trinajstić information content (AvgIpc) is 2.38. The first kappa shape index (κ1) is 13.3. The Morgan fingerprint density at radius 1 is 1.26 bits per heavy atom. The van der Waals surface area contributed by atoms with Crippen LogP contribution < -0.4 is 4.90 Å². The molecule has 0 saturated carbocycles. The minimum atomic E-state index is 0.731. The molecule has 1 aromatic heterocycles. The molecule has 1 aliphatic heterocycles. The molecule has 0 amide bonds. The van der Waals surface area contributed by atoms with Crippen molar-refractivity contribution in [2.45, 2.75) is 19.8 Å². The van der Waals surface area contributed by atoms with E-state index in [0.717, 1.165) is 44.7 Å². The number of aromatic nitrogens is 2. The van der Waals surface area contributed by atoms with Crippen LogP contribution in [0.4, 0.5) is 5.82 Å². The van der Waals surface area contributed by atoms with Gasteiger partial charge in [-0.2, -0.15) is 0 Å². The summed E-state index contributed by atoms with van der Waals surface area (Å²) >= 11 is 7.13. The maximum absolute atomic E-state index is 4.52. The van der Waals surface area contributed by atoms with Gasteiger partial charge in [-0.25, -0.2) is 9.97 Å². The SMILES string of the molecule is CC1CCCN(c2ncnc3c(Br)cc(Br)cc23)C1. The molecule has 1 saturated heterocycles. The highest BCUT2D eigenvalue weighted by atomic mass is 79.9. The molecular weight excluding hydrogens is 370 g/mol. The fraction of sp³-hybridized carbons (Fsp3) is 0.429. The van der Waals surface area contributed by atoms with E-state index in [9.17, 15) is 0 Å². The van der Waals surface area contributed by atoms with E-state index >= 15 is 0 Å². The van der Waals surface area contributed by atoms with Crippen LogP contribution in [0, 0.1) is 5.92 Å². The number of hydrogen-bond donors (Lipinski definition) is 0. The fourth-order valence-corrected chi connectivity index (χ4v) is 4.04. The van der Waals surface area contributed by atoms with Crippen molar-refractivity contribution in [1.82, 2.24) is 9.97 Å². The first-order valence-electron chi connectivity index (χ1n) is 6.50. The molecule has 1 aliphatic rings. The topological polar surface area (TPSA) is 29.0 Å². The number of halogens is 2. The molecule has 3 nitrogen and oxygen atoms in total. The molecule has 0 N–H and O–H groups in total. The summed E-state index contributed by atoms with van der Waals surface area (Å²) in [6.07, 6.45) is 4.21. The van der Waals surface area contributed by atoms with Gasteiger partial charge < -0.3 is 4.90 Å². The molecule has 3 rings (SSSR count). The number of benzene rings is 1. The van der Waals surface area contributed by atoms with E-state index in [1.54, 1.807) is 6.33 Å². The molecule has 19 heavy (non-hydrogen) atoms. The third-order valence-corrected chi connectivity index (χ3v) is 4.65. The minimum absolute atomic E-state index is 0.731. The Morgan fingerprint density at radius 3 is 2.89 bits per heavy atom. The molecule has 0 spiro atoms. The fourth-order valence-electron chi connectivity index (χ4n) is 2.71. The summed E-state index contributed by atoms with van der Waals surface area (Å²) in [5, 5.41) is 1.11. The maximum Gasteiger partial charge on any atom is 0.139 e. The molecule has 1 aromatic carbocycles. The van der Waals surface area contributed by atoms with E-state index in [0.29, 0.717) is 0 Å². The normalized spacial score (nSPS) is 19.9. The van der Waals surface area contributed by atoms with E-state index < -0.39 is 0 Å². The molecule has 2 heterocycles. The van der Waals surface area contributed by atoms with Gasteiger partial charge in [-0.1, -0.05) is 22.9 Å². The molecular formula is C14H15Br2N3. The standard InChI is InChI=1S/C14H15Br2N3/c1-9-3-2-4-19(7-9)14-11-5-10(15)6-12(16)13(11)17-8-18-14/h5-6,8-9H,2-4,7H2,1H3. The maximum atomic E-state index is 4.52. The zero-order valence-corrected chi connectivity index (χ0v) is 13.9. The van der Waals surface area contributed by atoms with E-state index in [-0.39, 0.29) is 0 Å². The van der Waals surface area contributed by atoms with Gasteiger partial charge in [0.2, 0.25) is 0 Å². The molecule has 5 heteroatoms. The number of anilines is 1. The molecule has 1 unspecified atom stereocenters. The Bertz CT molecular complexity index is 615. The van der Waals surface area contributed by atoms with Crippen molar-refractivity contribution >= 4 is 48.6 Å². The van der Waals surface area contributed by atoms with Crippen LogP contribution in [0.25, 0.3) is 10.9 Å². The van der Waals surface area contributed by atoms with E-state index in [1.807, 2.05) is 6.07 Å². The van der Waals surface area contributed by atoms with Crippen molar-refractivity contribution < 1.29 is 0 Å². The van der Waals surface area contributed by atoms with Gasteiger partial charge in [0.1, 0.15) is 12.1 Å². The van der Waals surface area contributed by atoms with Crippen molar-refractivity contribution in [1.29, 1.82) is 0 Å². The summed E-state index contributed by atoms with van der Waals surface area (Å²) in [5.74, 6) is 1.79. The summed E-state index contributed by atoms with van der Waals surface area (Å²) in [6, 6.07) is 4.13. The van der Waals surface area contributed by atoms with Gasteiger partial charge in [0, 0.05) is 27.4 Å². The summed E-state index contributed by atoms with van der Waals surface area (Å²) in [6.45, 7) is 4.47. The third-order valence-electron chi connectivity index (χ3n) is 3.59. The lowest BCUT2D eigenvalue weighted by Crippen LogP contribution is -2.35. The van der Waals surface area contributed by atoms with Crippen molar-refractivity contribution in [3.8, 4) is 0 Å². The van der Waals surface area contributed by atoms with Crippen molar-refractivity contribution in [3.05, 3.63) is 27.4 Å². The second-order valence-electron chi connectivity index (χ2n) is 5.17. The Morgan fingerprint density at radius 2 is 2.11 bits per heavy atom. The quantitative estimate of drug-likeness (QED) is 0.729. The monoisotopic (exact) mass is 383 g/mol. The number of fused-ring (bicyclic) bond motifs is 1. The Balaban J connectivity index is 2.13. The molecule has 0 bridgehead atoms. The Hall–Kier alpha value is -0.680. The van der Waals surface area contributed by atoms with Crippen molar-refractivity contribution in [2.75, 3.05) is 18.0 Å². The lowest BCUT2D eigenvalue weighted by atomic mass is 10.00. The second kappa shape index (κ2) is 5.37. The zero-order chi connectivity index (χ0) is 13.4. The van der Waals surface area contributed by atoms with Crippen LogP contribution in [0.3, 0.4) is 0 Å². The third kappa shape index (κ3) is 2.63. The highest BCUT2D eigenvalue weighted by molar-refractivity contribution is 9.11. The molecule has 2 aromatic rings. The molecule has 1 fully saturated rings. The van der Waals surface area contributed by atoms with Crippen LogP contribution >= 0.6 is 31.9 Å². The van der Waals surface area contributed by atoms with Gasteiger partial charge in [0.05, 0.1) is 5.52 Å². The molecule has 0 aliphatic carbocycles. The predicted octanol–water partition coefficient (Wildman–Crippen LogP) is 4.39. The highest BCUT2D eigenvalue weighted by Gasteiger charge is 2.20. The number of hydrogen-bond acceptors (Lipinski definition) is 3. The van der Waals surface area contributed by atoms with Gasteiger partial charge in [0.25, 0.3) is 0 Å². The number of nitrogens with zero attached hydrogens (tertiary/aromatic N) is 3. The summed E-state index contributed by atoms with van der Waals surface area (Å²) in [4.78, 5) is 11.3. The average molecular weight is 385 g/mol. The second-order valence-corrected chi connectivity index (χ2v) is 6.94. The highest BCUT2D eigenvalue weighted by Crippen LogP contribution is 2.33. The van der Waals surface area contributed by atoms with Crippen LogP contribution in [0.1, 0.15) is 19.8 Å². The Kier molecular flexibility index (Phi) is 3.76. The van der Waals surface area contributed by atoms with Gasteiger partial charge in [-0.15, -0.1) is 0 Å². The van der Waals surface area contributed by atoms with Gasteiger partial charge in [-0.3, -0.25) is 0 Å². The van der Waals surface area contributed by atoms with Crippen molar-refractivity contribution in [2.24, 2.45) is 5.92 Å². The van der Waals surface area contributed by atoms with Gasteiger partial charge in [-0.05, 0) is 46.8 Å². The van der Waals surface area contributed by atoms with Crippen LogP contribution in [-0.2, 0) is 0 Å². The van der Waals surface area contributed by atoms with Crippen LogP contribution in [0.15, 0.2) is 27.4 Å². The van der Waals surface area contributed by atoms with E-state index in [1.165, 1.54) is 12.8 Å². The summed E-state index contributed by atoms with van der Waals surface area (Å²) in [7, 11) is 0. The van der Waals surface area contributed by atoms with Crippen LogP contribution in [0.2, 0.25) is 0 Å². The lowest BCUT2D eigenvalue weighted by molar-refractivity contribution is 0.445. The van der Waals surface area contributed by atoms with Gasteiger partial charge >= 0.3 is 0 Å². The van der Waals surface area contributed by atoms with Gasteiger partial charge in [0.15, 0.2) is 0 Å². The first-order chi connectivity index (χ1) is 9.15. The minimum Gasteiger partial charge on any atom is -0.356 e. The predicted molar refractivity (Wildman–Crippen MR) is 85.5 cm³/mol. The molecule has 100 valence electrons. The molecule has 0 radical (unpaired) electrons. The smallest absolute Gasteiger partial charge is 0.139 e. The summed E-state index contributed by atoms with van der Waals surface area (Å²) < 4.78 is 2.05. The number of piperidine rings is 1. The largest absolute Gasteiger partial charge is 0.356 e. The van der Waals surface area contributed by atoms with Crippen molar-refractivity contribution in [3.63, 3.8) is 0 Å². The molecule has 1 atom stereocenters. The van der Waals surface area contributed by atoms with Crippen LogP contribution in [0.5, 0.6) is 0 Å².